The molecular formula is C9H13F3IN3O3. The second-order valence-corrected chi connectivity index (χ2v) is 7.96. The number of nitrogens with two attached hydrogens (primary N) is 1. The first-order valence-electron chi connectivity index (χ1n) is 5.33. The summed E-state index contributed by atoms with van der Waals surface area (Å²) in [4.78, 5) is 21.7. The van der Waals surface area contributed by atoms with Gasteiger partial charge in [-0.1, -0.05) is 0 Å². The van der Waals surface area contributed by atoms with E-state index >= 15 is 0 Å². The van der Waals surface area contributed by atoms with E-state index in [2.05, 4.69) is 13.3 Å². The van der Waals surface area contributed by atoms with E-state index < -0.39 is 38.6 Å². The molecule has 0 bridgehead atoms. The molecule has 0 aliphatic carbocycles. The Labute approximate surface area is 114 Å². The van der Waals surface area contributed by atoms with Crippen LogP contribution in [0.4, 0.5) is 18.0 Å². The maximum absolute atomic E-state index is 11.8. The second-order valence-electron chi connectivity index (χ2n) is 3.59. The van der Waals surface area contributed by atoms with Gasteiger partial charge in [0.15, 0.2) is 0 Å². The Balaban J connectivity index is 2.06. The Bertz CT molecular complexity index is 387. The Hall–Kier alpha value is -0.910. The average Bonchev–Trinajstić information content (AvgIpc) is 2.60. The second kappa shape index (κ2) is 7.03. The molecule has 1 heterocycles. The molecule has 0 radical (unpaired) electrons. The normalized spacial score (nSPS) is 17.3. The number of hydrogen-bond acceptors (Lipinski definition) is 6. The molecule has 10 heteroatoms. The zero-order chi connectivity index (χ0) is 14.5. The number of Topliss-reactive ketones (excluding diaryl/α,β-unsaturated/α-hetero) is 1. The summed E-state index contributed by atoms with van der Waals surface area (Å²) in [6, 6.07) is -0.0934. The van der Waals surface area contributed by atoms with Crippen LogP contribution in [0.3, 0.4) is 0 Å². The van der Waals surface area contributed by atoms with Gasteiger partial charge in [-0.15, -0.1) is 0 Å². The van der Waals surface area contributed by atoms with Crippen molar-refractivity contribution in [3.63, 3.8) is 0 Å². The summed E-state index contributed by atoms with van der Waals surface area (Å²) in [5.41, 5.74) is 5.23. The summed E-state index contributed by atoms with van der Waals surface area (Å²) in [5, 5.41) is 2.41. The van der Waals surface area contributed by atoms with Crippen LogP contribution in [0.25, 0.3) is 0 Å². The van der Waals surface area contributed by atoms with Gasteiger partial charge in [0.1, 0.15) is 0 Å². The van der Waals surface area contributed by atoms with Crippen molar-refractivity contribution < 1.29 is 27.5 Å². The number of carbonyl (C=O) groups excluding carboxylic acids is 2. The zero-order valence-corrected chi connectivity index (χ0v) is 12.0. The maximum atomic E-state index is 11.8. The fourth-order valence-electron chi connectivity index (χ4n) is 1.17. The summed E-state index contributed by atoms with van der Waals surface area (Å²) in [6.07, 6.45) is -3.60. The Morgan fingerprint density at radius 3 is 2.63 bits per heavy atom. The van der Waals surface area contributed by atoms with Crippen molar-refractivity contribution in [2.45, 2.75) is 19.0 Å². The monoisotopic (exact) mass is 395 g/mol. The number of ketones is 1. The molecule has 19 heavy (non-hydrogen) atoms. The van der Waals surface area contributed by atoms with Gasteiger partial charge in [0.25, 0.3) is 0 Å². The van der Waals surface area contributed by atoms with Crippen molar-refractivity contribution in [2.75, 3.05) is 17.5 Å². The van der Waals surface area contributed by atoms with Crippen LogP contribution in [0.5, 0.6) is 0 Å². The van der Waals surface area contributed by atoms with Gasteiger partial charge in [0.05, 0.1) is 0 Å². The van der Waals surface area contributed by atoms with Crippen molar-refractivity contribution in [3.05, 3.63) is 0 Å². The molecule has 1 aliphatic rings. The molecule has 0 amide bonds. The molecule has 3 N–H and O–H groups in total. The van der Waals surface area contributed by atoms with Crippen LogP contribution >= 0.6 is 20.1 Å². The molecule has 0 spiro atoms. The average molecular weight is 395 g/mol. The Kier molecular flexibility index (Phi) is 5.97. The third-order valence-corrected chi connectivity index (χ3v) is 6.15. The number of alkyl halides is 4. The SMILES string of the molecule is NC1=NI(CCCCNCC(=O)C(F)(F)F)C(=O)O1. The predicted molar refractivity (Wildman–Crippen MR) is 70.2 cm³/mol. The van der Waals surface area contributed by atoms with E-state index in [1.807, 2.05) is 0 Å². The third-order valence-electron chi connectivity index (χ3n) is 2.07. The zero-order valence-electron chi connectivity index (χ0n) is 9.80. The van der Waals surface area contributed by atoms with Crippen LogP contribution in [0, 0.1) is 0 Å². The Morgan fingerprint density at radius 1 is 1.42 bits per heavy atom. The first-order valence-corrected chi connectivity index (χ1v) is 8.90. The van der Waals surface area contributed by atoms with Crippen molar-refractivity contribution >= 4 is 35.9 Å². The predicted octanol–water partition coefficient (Wildman–Crippen LogP) is 1.37. The summed E-state index contributed by atoms with van der Waals surface area (Å²) < 4.78 is 44.2. The number of nitrogens with zero attached hydrogens (tertiary/aromatic N) is 1. The number of hydrogen-bond donors (Lipinski definition) is 2. The van der Waals surface area contributed by atoms with E-state index in [1.54, 1.807) is 0 Å². The number of carbonyl (C=O) groups is 2. The number of rotatable bonds is 7. The van der Waals surface area contributed by atoms with Crippen LogP contribution < -0.4 is 11.1 Å². The molecule has 0 atom stereocenters. The topological polar surface area (TPSA) is 93.8 Å². The quantitative estimate of drug-likeness (QED) is 0.294. The molecule has 0 aromatic carbocycles. The van der Waals surface area contributed by atoms with Gasteiger partial charge < -0.3 is 0 Å². The van der Waals surface area contributed by atoms with Crippen molar-refractivity contribution in [3.8, 4) is 0 Å². The van der Waals surface area contributed by atoms with Gasteiger partial charge in [-0.2, -0.15) is 0 Å². The fourth-order valence-corrected chi connectivity index (χ4v) is 4.46. The molecule has 0 saturated heterocycles. The molecule has 1 aliphatic heterocycles. The number of halogens is 4. The first-order chi connectivity index (χ1) is 8.80. The van der Waals surface area contributed by atoms with Crippen LogP contribution in [-0.2, 0) is 9.53 Å². The Morgan fingerprint density at radius 2 is 2.11 bits per heavy atom. The van der Waals surface area contributed by atoms with E-state index in [1.165, 1.54) is 0 Å². The molecule has 0 saturated carbocycles. The van der Waals surface area contributed by atoms with Gasteiger partial charge in [-0.05, 0) is 0 Å². The van der Waals surface area contributed by atoms with Gasteiger partial charge in [0, 0.05) is 0 Å². The standard InChI is InChI=1S/C9H13F3IN3O3/c10-9(11,12)6(17)5-15-4-2-1-3-13-7(18)19-8(14)16-13/h15H,1-5H2,(H2,14,16). The minimum absolute atomic E-state index is 0.0934. The van der Waals surface area contributed by atoms with E-state index in [0.29, 0.717) is 17.3 Å². The minimum atomic E-state index is -4.79. The number of nitrogens with one attached hydrogen (secondary N) is 1. The summed E-state index contributed by atoms with van der Waals surface area (Å²) >= 11 is -2.18. The molecule has 0 aromatic rings. The summed E-state index contributed by atoms with van der Waals surface area (Å²) in [7, 11) is 0. The van der Waals surface area contributed by atoms with Crippen molar-refractivity contribution in [2.24, 2.45) is 8.94 Å². The van der Waals surface area contributed by atoms with Crippen LogP contribution in [0.1, 0.15) is 12.8 Å². The van der Waals surface area contributed by atoms with E-state index in [0.717, 1.165) is 0 Å². The van der Waals surface area contributed by atoms with Gasteiger partial charge in [-0.3, -0.25) is 0 Å². The van der Waals surface area contributed by atoms with Crippen molar-refractivity contribution in [1.82, 2.24) is 5.32 Å². The number of ether oxygens (including phenoxy) is 1. The van der Waals surface area contributed by atoms with E-state index in [4.69, 9.17) is 5.73 Å². The van der Waals surface area contributed by atoms with Crippen molar-refractivity contribution in [1.29, 1.82) is 0 Å². The van der Waals surface area contributed by atoms with Crippen LogP contribution in [0.15, 0.2) is 3.21 Å². The van der Waals surface area contributed by atoms with E-state index in [9.17, 15) is 22.8 Å². The number of unbranched alkanes of at least 4 members (excludes halogenated alkanes) is 1. The molecule has 0 aromatic heterocycles. The molecule has 110 valence electrons. The summed E-state index contributed by atoms with van der Waals surface area (Å²) in [6.45, 7) is -0.445. The van der Waals surface area contributed by atoms with Crippen LogP contribution in [0.2, 0.25) is 0 Å². The first kappa shape index (κ1) is 16.1. The number of cyclic esters (lactones) is 1. The van der Waals surface area contributed by atoms with E-state index in [-0.39, 0.29) is 16.5 Å². The molecule has 0 unspecified atom stereocenters. The van der Waals surface area contributed by atoms with Gasteiger partial charge >= 0.3 is 114 Å². The molecule has 0 fully saturated rings. The fraction of sp³-hybridized carbons (Fsp3) is 0.667. The molecule has 1 rings (SSSR count). The van der Waals surface area contributed by atoms with Crippen LogP contribution in [-0.4, -0.2) is 39.5 Å². The third kappa shape index (κ3) is 5.72. The van der Waals surface area contributed by atoms with Gasteiger partial charge in [-0.25, -0.2) is 0 Å². The number of amidine groups is 1. The molecule has 6 nitrogen and oxygen atoms in total. The summed E-state index contributed by atoms with van der Waals surface area (Å²) in [5.74, 6) is -1.79. The molecular weight excluding hydrogens is 382 g/mol. The van der Waals surface area contributed by atoms with Gasteiger partial charge in [0.2, 0.25) is 0 Å².